The van der Waals surface area contributed by atoms with E-state index in [1.54, 1.807) is 0 Å². The van der Waals surface area contributed by atoms with Gasteiger partial charge in [0.2, 0.25) is 6.29 Å². The van der Waals surface area contributed by atoms with Gasteiger partial charge in [-0.2, -0.15) is 0 Å². The highest BCUT2D eigenvalue weighted by atomic mass is 28.4. The zero-order valence-electron chi connectivity index (χ0n) is 17.8. The number of rotatable bonds is 8. The lowest BCUT2D eigenvalue weighted by Gasteiger charge is -2.44. The van der Waals surface area contributed by atoms with Gasteiger partial charge in [0.25, 0.3) is 0 Å². The number of carbonyl (C=O) groups excluding carboxylic acids is 1. The van der Waals surface area contributed by atoms with Gasteiger partial charge < -0.3 is 13.9 Å². The summed E-state index contributed by atoms with van der Waals surface area (Å²) in [4.78, 5) is 11.3. The summed E-state index contributed by atoms with van der Waals surface area (Å²) >= 11 is 0. The predicted octanol–water partition coefficient (Wildman–Crippen LogP) is 5.52. The molecule has 1 saturated heterocycles. The van der Waals surface area contributed by atoms with E-state index in [1.807, 2.05) is 0 Å². The van der Waals surface area contributed by atoms with Crippen LogP contribution in [0.5, 0.6) is 0 Å². The highest BCUT2D eigenvalue weighted by Crippen LogP contribution is 2.43. The van der Waals surface area contributed by atoms with Crippen LogP contribution in [0.25, 0.3) is 0 Å². The average Bonchev–Trinajstić information content (AvgIpc) is 2.48. The molecule has 4 nitrogen and oxygen atoms in total. The Hall–Kier alpha value is -0.393. The molecule has 1 fully saturated rings. The van der Waals surface area contributed by atoms with Crippen LogP contribution in [-0.2, 0) is 18.7 Å². The minimum atomic E-state index is -1.85. The van der Waals surface area contributed by atoms with E-state index < -0.39 is 14.6 Å². The van der Waals surface area contributed by atoms with E-state index in [1.165, 1.54) is 6.92 Å². The maximum Gasteiger partial charge on any atom is 0.304 e. The maximum absolute atomic E-state index is 11.3. The first kappa shape index (κ1) is 22.6. The second-order valence-corrected chi connectivity index (χ2v) is 14.3. The van der Waals surface area contributed by atoms with Crippen molar-refractivity contribution in [3.63, 3.8) is 0 Å². The van der Waals surface area contributed by atoms with E-state index in [4.69, 9.17) is 13.9 Å². The molecule has 1 aliphatic rings. The van der Waals surface area contributed by atoms with Crippen LogP contribution in [0.2, 0.25) is 16.6 Å². The molecule has 25 heavy (non-hydrogen) atoms. The molecule has 1 rings (SSSR count). The second-order valence-electron chi connectivity index (χ2n) is 8.81. The average molecular weight is 373 g/mol. The highest BCUT2D eigenvalue weighted by molar-refractivity contribution is 6.77. The van der Waals surface area contributed by atoms with E-state index in [0.717, 1.165) is 19.4 Å². The van der Waals surface area contributed by atoms with Crippen LogP contribution in [0.4, 0.5) is 0 Å². The largest absolute Gasteiger partial charge is 0.436 e. The molecule has 0 bridgehead atoms. The van der Waals surface area contributed by atoms with Crippen LogP contribution < -0.4 is 0 Å². The van der Waals surface area contributed by atoms with Crippen LogP contribution in [0.15, 0.2) is 0 Å². The Morgan fingerprint density at radius 2 is 1.56 bits per heavy atom. The maximum atomic E-state index is 11.3. The number of ether oxygens (including phenoxy) is 2. The lowest BCUT2D eigenvalue weighted by atomic mass is 9.92. The Kier molecular flexibility index (Phi) is 8.62. The fourth-order valence-corrected chi connectivity index (χ4v) is 10.1. The molecule has 148 valence electrons. The quantitative estimate of drug-likeness (QED) is 0.416. The van der Waals surface area contributed by atoms with Crippen molar-refractivity contribution < 1.29 is 18.7 Å². The van der Waals surface area contributed by atoms with Crippen molar-refractivity contribution in [3.8, 4) is 0 Å². The third kappa shape index (κ3) is 5.54. The third-order valence-electron chi connectivity index (χ3n) is 5.90. The van der Waals surface area contributed by atoms with Crippen LogP contribution in [0.1, 0.15) is 75.2 Å². The molecule has 1 aliphatic heterocycles. The lowest BCUT2D eigenvalue weighted by Crippen LogP contribution is -2.49. The molecule has 1 heterocycles. The van der Waals surface area contributed by atoms with Gasteiger partial charge in [-0.3, -0.25) is 4.79 Å². The monoisotopic (exact) mass is 372 g/mol. The van der Waals surface area contributed by atoms with E-state index >= 15 is 0 Å². The van der Waals surface area contributed by atoms with Gasteiger partial charge >= 0.3 is 5.97 Å². The number of esters is 1. The van der Waals surface area contributed by atoms with Gasteiger partial charge in [0.15, 0.2) is 8.32 Å². The van der Waals surface area contributed by atoms with Gasteiger partial charge in [0, 0.05) is 25.4 Å². The molecule has 0 radical (unpaired) electrons. The molecular weight excluding hydrogens is 332 g/mol. The van der Waals surface area contributed by atoms with E-state index in [2.05, 4.69) is 55.4 Å². The molecule has 0 aromatic heterocycles. The predicted molar refractivity (Wildman–Crippen MR) is 105 cm³/mol. The fraction of sp³-hybridized carbons (Fsp3) is 0.950. The third-order valence-corrected chi connectivity index (χ3v) is 12.0. The lowest BCUT2D eigenvalue weighted by molar-refractivity contribution is -0.225. The van der Waals surface area contributed by atoms with Gasteiger partial charge in [-0.1, -0.05) is 55.4 Å². The normalized spacial score (nSPS) is 26.3. The molecule has 0 spiro atoms. The molecule has 1 unspecified atom stereocenters. The highest BCUT2D eigenvalue weighted by Gasteiger charge is 2.45. The van der Waals surface area contributed by atoms with Crippen molar-refractivity contribution in [2.24, 2.45) is 11.8 Å². The van der Waals surface area contributed by atoms with Crippen molar-refractivity contribution in [2.45, 2.75) is 104 Å². The van der Waals surface area contributed by atoms with Crippen molar-refractivity contribution in [1.29, 1.82) is 0 Å². The first-order valence-electron chi connectivity index (χ1n) is 9.98. The molecule has 0 aromatic rings. The van der Waals surface area contributed by atoms with Gasteiger partial charge in [0.05, 0.1) is 6.10 Å². The Morgan fingerprint density at radius 1 is 1.04 bits per heavy atom. The minimum Gasteiger partial charge on any atom is -0.436 e. The minimum absolute atomic E-state index is 0.0961. The summed E-state index contributed by atoms with van der Waals surface area (Å²) in [5.41, 5.74) is 1.75. The molecular formula is C20H40O4Si. The molecule has 0 saturated carbocycles. The summed E-state index contributed by atoms with van der Waals surface area (Å²) in [5, 5.41) is 0. The van der Waals surface area contributed by atoms with Crippen LogP contribution in [-0.4, -0.2) is 33.3 Å². The summed E-state index contributed by atoms with van der Waals surface area (Å²) in [6, 6.07) is 0. The summed E-state index contributed by atoms with van der Waals surface area (Å²) in [7, 11) is -1.85. The van der Waals surface area contributed by atoms with Gasteiger partial charge in [-0.15, -0.1) is 0 Å². The van der Waals surface area contributed by atoms with E-state index in [-0.39, 0.29) is 18.0 Å². The van der Waals surface area contributed by atoms with E-state index in [9.17, 15) is 4.79 Å². The Bertz CT molecular complexity index is 400. The molecule has 0 aliphatic carbocycles. The Balaban J connectivity index is 2.74. The first-order chi connectivity index (χ1) is 11.5. The fourth-order valence-electron chi connectivity index (χ4n) is 4.55. The van der Waals surface area contributed by atoms with Gasteiger partial charge in [-0.25, -0.2) is 0 Å². The van der Waals surface area contributed by atoms with Crippen LogP contribution in [0.3, 0.4) is 0 Å². The number of hydrogen-bond acceptors (Lipinski definition) is 4. The topological polar surface area (TPSA) is 44.8 Å². The molecule has 0 amide bonds. The Labute approximate surface area is 156 Å². The van der Waals surface area contributed by atoms with Crippen molar-refractivity contribution in [1.82, 2.24) is 0 Å². The SMILES string of the molecule is CC(=O)OC1O[C@H]([C@H](C)CO[Si](C(C)C)(C(C)C)C(C)C)CC[C@@H]1C. The molecule has 4 atom stereocenters. The van der Waals surface area contributed by atoms with E-state index in [0.29, 0.717) is 22.5 Å². The Morgan fingerprint density at radius 3 is 2.00 bits per heavy atom. The van der Waals surface area contributed by atoms with Crippen molar-refractivity contribution in [3.05, 3.63) is 0 Å². The van der Waals surface area contributed by atoms with Gasteiger partial charge in [0.1, 0.15) is 0 Å². The smallest absolute Gasteiger partial charge is 0.304 e. The standard InChI is InChI=1S/C20H40O4Si/c1-13(2)25(14(3)4,15(5)6)22-12-17(8)19-11-10-16(7)20(24-19)23-18(9)21/h13-17,19-20H,10-12H2,1-9H3/t16-,17+,19-,20?/m0/s1. The molecule has 0 N–H and O–H groups in total. The molecule has 0 aromatic carbocycles. The van der Waals surface area contributed by atoms with Crippen molar-refractivity contribution >= 4 is 14.3 Å². The number of carbonyl (C=O) groups is 1. The zero-order chi connectivity index (χ0) is 19.4. The summed E-state index contributed by atoms with van der Waals surface area (Å²) in [6.07, 6.45) is 1.71. The van der Waals surface area contributed by atoms with Gasteiger partial charge in [-0.05, 0) is 29.5 Å². The summed E-state index contributed by atoms with van der Waals surface area (Å²) in [6.45, 7) is 20.3. The summed E-state index contributed by atoms with van der Waals surface area (Å²) in [5.74, 6) is 0.282. The van der Waals surface area contributed by atoms with Crippen molar-refractivity contribution in [2.75, 3.05) is 6.61 Å². The second kappa shape index (κ2) is 9.52. The first-order valence-corrected chi connectivity index (χ1v) is 12.1. The number of hydrogen-bond donors (Lipinski definition) is 0. The van der Waals surface area contributed by atoms with Crippen LogP contribution >= 0.6 is 0 Å². The zero-order valence-corrected chi connectivity index (χ0v) is 18.8. The molecule has 5 heteroatoms. The summed E-state index contributed by atoms with van der Waals surface area (Å²) < 4.78 is 18.2. The van der Waals surface area contributed by atoms with Crippen LogP contribution in [0, 0.1) is 11.8 Å².